The number of likely N-dealkylation sites (tertiary alicyclic amines) is 2. The van der Waals surface area contributed by atoms with E-state index in [0.717, 1.165) is 74.7 Å². The molecule has 3 aromatic rings. The van der Waals surface area contributed by atoms with E-state index >= 15 is 0 Å². The molecule has 0 amide bonds. The summed E-state index contributed by atoms with van der Waals surface area (Å²) < 4.78 is 0. The molecule has 0 radical (unpaired) electrons. The van der Waals surface area contributed by atoms with Gasteiger partial charge in [-0.15, -0.1) is 0 Å². The fraction of sp³-hybridized carbons (Fsp3) is 0.433. The maximum Gasteiger partial charge on any atom is 0.137 e. The molecule has 190 valence electrons. The second-order valence-electron chi connectivity index (χ2n) is 10.5. The monoisotopic (exact) mass is 540 g/mol. The zero-order valence-corrected chi connectivity index (χ0v) is 22.9. The van der Waals surface area contributed by atoms with Crippen molar-refractivity contribution < 1.29 is 4.79 Å². The molecule has 0 saturated carbocycles. The predicted molar refractivity (Wildman–Crippen MR) is 151 cm³/mol. The molecule has 6 heteroatoms. The molecule has 0 N–H and O–H groups in total. The number of rotatable bonds is 9. The first kappa shape index (κ1) is 25.9. The van der Waals surface area contributed by atoms with Crippen LogP contribution in [0.3, 0.4) is 0 Å². The highest BCUT2D eigenvalue weighted by atomic mass is 35.5. The summed E-state index contributed by atoms with van der Waals surface area (Å²) in [5, 5.41) is 5.95. The van der Waals surface area contributed by atoms with Gasteiger partial charge >= 0.3 is 0 Å². The van der Waals surface area contributed by atoms with Crippen molar-refractivity contribution in [1.29, 1.82) is 0 Å². The quantitative estimate of drug-likeness (QED) is 0.287. The number of carbonyl (C=O) groups is 1. The molecule has 2 aliphatic rings. The number of hydrogen-bond acceptors (Lipinski definition) is 4. The van der Waals surface area contributed by atoms with Crippen molar-refractivity contribution in [3.05, 3.63) is 92.1 Å². The lowest BCUT2D eigenvalue weighted by Gasteiger charge is -2.34. The molecule has 0 spiro atoms. The van der Waals surface area contributed by atoms with E-state index < -0.39 is 0 Å². The fourth-order valence-corrected chi connectivity index (χ4v) is 7.14. The molecular weight excluding hydrogens is 507 g/mol. The Hall–Kier alpha value is -1.69. The van der Waals surface area contributed by atoms with Gasteiger partial charge in [-0.3, -0.25) is 9.69 Å². The van der Waals surface area contributed by atoms with E-state index in [1.54, 1.807) is 11.3 Å². The second kappa shape index (κ2) is 12.2. The molecule has 2 fully saturated rings. The normalized spacial score (nSPS) is 21.7. The van der Waals surface area contributed by atoms with Crippen molar-refractivity contribution in [2.24, 2.45) is 11.8 Å². The predicted octanol–water partition coefficient (Wildman–Crippen LogP) is 7.18. The minimum absolute atomic E-state index is 0.379. The van der Waals surface area contributed by atoms with E-state index in [0.29, 0.717) is 35.0 Å². The van der Waals surface area contributed by atoms with Gasteiger partial charge in [0.25, 0.3) is 0 Å². The van der Waals surface area contributed by atoms with Crippen molar-refractivity contribution in [2.75, 3.05) is 32.7 Å². The third kappa shape index (κ3) is 6.79. The Morgan fingerprint density at radius 2 is 1.78 bits per heavy atom. The maximum atomic E-state index is 12.6. The molecular formula is C30H34Cl2N2OS. The topological polar surface area (TPSA) is 23.6 Å². The molecule has 2 aromatic carbocycles. The van der Waals surface area contributed by atoms with Crippen LogP contribution in [0, 0.1) is 11.8 Å². The minimum Gasteiger partial charge on any atom is -0.303 e. The zero-order chi connectivity index (χ0) is 24.9. The van der Waals surface area contributed by atoms with Gasteiger partial charge in [-0.2, -0.15) is 11.3 Å². The summed E-state index contributed by atoms with van der Waals surface area (Å²) in [6, 6.07) is 18.3. The number of hydrogen-bond donors (Lipinski definition) is 0. The first-order valence-electron chi connectivity index (χ1n) is 13.0. The van der Waals surface area contributed by atoms with Gasteiger partial charge in [0, 0.05) is 55.0 Å². The molecule has 3 heterocycles. The molecule has 2 unspecified atom stereocenters. The molecule has 2 atom stereocenters. The Bertz CT molecular complexity index is 1130. The number of piperidine rings is 1. The maximum absolute atomic E-state index is 12.6. The lowest BCUT2D eigenvalue weighted by Crippen LogP contribution is -2.39. The molecule has 1 aromatic heterocycles. The van der Waals surface area contributed by atoms with Crippen LogP contribution in [0.5, 0.6) is 0 Å². The van der Waals surface area contributed by atoms with Crippen molar-refractivity contribution in [3.63, 3.8) is 0 Å². The zero-order valence-electron chi connectivity index (χ0n) is 20.6. The number of carbonyl (C=O) groups excluding carboxylic acids is 1. The van der Waals surface area contributed by atoms with Gasteiger partial charge < -0.3 is 4.90 Å². The van der Waals surface area contributed by atoms with Gasteiger partial charge in [-0.1, -0.05) is 59.6 Å². The third-order valence-corrected chi connectivity index (χ3v) is 9.15. The SMILES string of the molecule is O=C(Cc1ccccc1)CC1CCN(CC2CN(Cc3ccc(Cl)cc3Cl)CC2c2ccsc2)CC1. The van der Waals surface area contributed by atoms with Crippen molar-refractivity contribution in [1.82, 2.24) is 9.80 Å². The summed E-state index contributed by atoms with van der Waals surface area (Å²) in [5.41, 5.74) is 3.74. The highest BCUT2D eigenvalue weighted by Crippen LogP contribution is 2.36. The Balaban J connectivity index is 1.15. The Labute approximate surface area is 229 Å². The smallest absolute Gasteiger partial charge is 0.137 e. The van der Waals surface area contributed by atoms with Gasteiger partial charge in [-0.05, 0) is 83.4 Å². The first-order valence-corrected chi connectivity index (χ1v) is 14.7. The van der Waals surface area contributed by atoms with Gasteiger partial charge in [0.15, 0.2) is 0 Å². The van der Waals surface area contributed by atoms with Crippen LogP contribution in [0.15, 0.2) is 65.4 Å². The number of halogens is 2. The largest absolute Gasteiger partial charge is 0.303 e. The Morgan fingerprint density at radius 3 is 2.50 bits per heavy atom. The van der Waals surface area contributed by atoms with E-state index in [4.69, 9.17) is 23.2 Å². The van der Waals surface area contributed by atoms with Crippen LogP contribution in [0.1, 0.15) is 41.9 Å². The van der Waals surface area contributed by atoms with Crippen LogP contribution in [-0.2, 0) is 17.8 Å². The van der Waals surface area contributed by atoms with E-state index in [2.05, 4.69) is 44.8 Å². The first-order chi connectivity index (χ1) is 17.5. The lowest BCUT2D eigenvalue weighted by atomic mass is 9.87. The molecule has 36 heavy (non-hydrogen) atoms. The standard InChI is InChI=1S/C30H34Cl2N2OS/c31-27-7-6-24(30(32)16-27)17-34-19-26(29(20-34)25-10-13-36-21-25)18-33-11-8-23(9-12-33)15-28(35)14-22-4-2-1-3-5-22/h1-7,10,13,16,21,23,26,29H,8-9,11-12,14-15,17-20H2. The van der Waals surface area contributed by atoms with Crippen LogP contribution in [-0.4, -0.2) is 48.3 Å². The van der Waals surface area contributed by atoms with E-state index in [-0.39, 0.29) is 0 Å². The number of Topliss-reactive ketones (excluding diaryl/α,β-unsaturated/α-hetero) is 1. The Morgan fingerprint density at radius 1 is 0.972 bits per heavy atom. The number of nitrogens with zero attached hydrogens (tertiary/aromatic N) is 2. The van der Waals surface area contributed by atoms with Gasteiger partial charge in [0.1, 0.15) is 5.78 Å². The van der Waals surface area contributed by atoms with Crippen LogP contribution in [0.4, 0.5) is 0 Å². The van der Waals surface area contributed by atoms with E-state index in [9.17, 15) is 4.79 Å². The molecule has 2 saturated heterocycles. The number of thiophene rings is 1. The second-order valence-corrected chi connectivity index (χ2v) is 12.1. The van der Waals surface area contributed by atoms with Crippen molar-refractivity contribution >= 4 is 40.3 Å². The summed E-state index contributed by atoms with van der Waals surface area (Å²) in [6.45, 7) is 6.31. The van der Waals surface area contributed by atoms with Gasteiger partial charge in [0.05, 0.1) is 0 Å². The molecule has 3 nitrogen and oxygen atoms in total. The van der Waals surface area contributed by atoms with Crippen molar-refractivity contribution in [3.8, 4) is 0 Å². The summed E-state index contributed by atoms with van der Waals surface area (Å²) in [6.07, 6.45) is 3.54. The number of benzene rings is 2. The molecule has 0 aliphatic carbocycles. The average Bonchev–Trinajstić information content (AvgIpc) is 3.53. The van der Waals surface area contributed by atoms with Crippen LogP contribution >= 0.6 is 34.5 Å². The van der Waals surface area contributed by atoms with Gasteiger partial charge in [-0.25, -0.2) is 0 Å². The summed E-state index contributed by atoms with van der Waals surface area (Å²) >= 11 is 14.4. The molecule has 2 aliphatic heterocycles. The summed E-state index contributed by atoms with van der Waals surface area (Å²) in [5.74, 6) is 2.05. The number of ketones is 1. The van der Waals surface area contributed by atoms with E-state index in [1.165, 1.54) is 5.56 Å². The molecule has 0 bridgehead atoms. The highest BCUT2D eigenvalue weighted by molar-refractivity contribution is 7.08. The summed E-state index contributed by atoms with van der Waals surface area (Å²) in [4.78, 5) is 17.8. The fourth-order valence-electron chi connectivity index (χ4n) is 5.95. The van der Waals surface area contributed by atoms with Crippen LogP contribution in [0.2, 0.25) is 10.0 Å². The average molecular weight is 542 g/mol. The minimum atomic E-state index is 0.379. The van der Waals surface area contributed by atoms with Crippen molar-refractivity contribution in [2.45, 2.75) is 38.1 Å². The molecule has 5 rings (SSSR count). The Kier molecular flexibility index (Phi) is 8.82. The third-order valence-electron chi connectivity index (χ3n) is 7.86. The summed E-state index contributed by atoms with van der Waals surface area (Å²) in [7, 11) is 0. The highest BCUT2D eigenvalue weighted by Gasteiger charge is 2.36. The van der Waals surface area contributed by atoms with E-state index in [1.807, 2.05) is 30.3 Å². The lowest BCUT2D eigenvalue weighted by molar-refractivity contribution is -0.119. The van der Waals surface area contributed by atoms with Crippen LogP contribution < -0.4 is 0 Å². The van der Waals surface area contributed by atoms with Gasteiger partial charge in [0.2, 0.25) is 0 Å². The van der Waals surface area contributed by atoms with Crippen LogP contribution in [0.25, 0.3) is 0 Å².